The van der Waals surface area contributed by atoms with E-state index in [1.807, 2.05) is 0 Å². The van der Waals surface area contributed by atoms with Crippen LogP contribution < -0.4 is 0 Å². The average Bonchev–Trinajstić information content (AvgIpc) is 2.62. The Labute approximate surface area is 152 Å². The van der Waals surface area contributed by atoms with E-state index in [2.05, 4.69) is 6.92 Å². The summed E-state index contributed by atoms with van der Waals surface area (Å²) in [7, 11) is 0. The SMILES string of the molecule is CCCCCC1CCC(C2CCC(C(=O)CCC=C(F)F)CC2)CC1. The van der Waals surface area contributed by atoms with Crippen molar-refractivity contribution >= 4 is 5.78 Å². The van der Waals surface area contributed by atoms with E-state index in [1.54, 1.807) is 0 Å². The normalized spacial score (nSPS) is 30.0. The number of carbonyl (C=O) groups excluding carboxylic acids is 1. The molecule has 0 heterocycles. The first kappa shape index (κ1) is 20.6. The van der Waals surface area contributed by atoms with Crippen LogP contribution in [0, 0.1) is 23.7 Å². The van der Waals surface area contributed by atoms with Crippen molar-refractivity contribution in [3.8, 4) is 0 Å². The highest BCUT2D eigenvalue weighted by atomic mass is 19.3. The molecule has 0 aliphatic heterocycles. The number of carbonyl (C=O) groups is 1. The summed E-state index contributed by atoms with van der Waals surface area (Å²) >= 11 is 0. The number of Topliss-reactive ketones (excluding diaryl/α,β-unsaturated/α-hetero) is 1. The van der Waals surface area contributed by atoms with Crippen molar-refractivity contribution in [2.45, 2.75) is 96.8 Å². The second-order valence-electron chi connectivity index (χ2n) is 8.39. The maximum Gasteiger partial charge on any atom is 0.266 e. The summed E-state index contributed by atoms with van der Waals surface area (Å²) in [5.41, 5.74) is 0. The minimum absolute atomic E-state index is 0.137. The van der Waals surface area contributed by atoms with E-state index in [4.69, 9.17) is 0 Å². The molecule has 25 heavy (non-hydrogen) atoms. The molecular formula is C22H36F2O. The van der Waals surface area contributed by atoms with Crippen LogP contribution in [0.4, 0.5) is 8.78 Å². The first-order valence-corrected chi connectivity index (χ1v) is 10.6. The number of ketones is 1. The lowest BCUT2D eigenvalue weighted by Crippen LogP contribution is -2.28. The number of halogens is 2. The molecule has 0 spiro atoms. The van der Waals surface area contributed by atoms with Gasteiger partial charge in [0.15, 0.2) is 0 Å². The third-order valence-corrected chi connectivity index (χ3v) is 6.69. The minimum Gasteiger partial charge on any atom is -0.299 e. The molecular weight excluding hydrogens is 318 g/mol. The smallest absolute Gasteiger partial charge is 0.266 e. The molecule has 144 valence electrons. The summed E-state index contributed by atoms with van der Waals surface area (Å²) in [4.78, 5) is 12.2. The van der Waals surface area contributed by atoms with Gasteiger partial charge in [-0.3, -0.25) is 4.79 Å². The summed E-state index contributed by atoms with van der Waals surface area (Å²) in [5.74, 6) is 2.99. The second-order valence-corrected chi connectivity index (χ2v) is 8.39. The Bertz CT molecular complexity index is 412. The van der Waals surface area contributed by atoms with Gasteiger partial charge in [-0.1, -0.05) is 45.4 Å². The van der Waals surface area contributed by atoms with Crippen molar-refractivity contribution in [2.75, 3.05) is 0 Å². The largest absolute Gasteiger partial charge is 0.299 e. The molecule has 0 aromatic heterocycles. The summed E-state index contributed by atoms with van der Waals surface area (Å²) in [5, 5.41) is 0. The molecule has 1 nitrogen and oxygen atoms in total. The van der Waals surface area contributed by atoms with Crippen LogP contribution in [-0.2, 0) is 4.79 Å². The lowest BCUT2D eigenvalue weighted by atomic mass is 9.68. The molecule has 0 atom stereocenters. The van der Waals surface area contributed by atoms with Crippen LogP contribution in [0.2, 0.25) is 0 Å². The van der Waals surface area contributed by atoms with Gasteiger partial charge in [-0.15, -0.1) is 0 Å². The van der Waals surface area contributed by atoms with Gasteiger partial charge in [-0.25, -0.2) is 0 Å². The van der Waals surface area contributed by atoms with Crippen LogP contribution in [0.25, 0.3) is 0 Å². The van der Waals surface area contributed by atoms with Gasteiger partial charge in [-0.2, -0.15) is 8.78 Å². The second kappa shape index (κ2) is 11.1. The highest BCUT2D eigenvalue weighted by Gasteiger charge is 2.32. The quantitative estimate of drug-likeness (QED) is 0.397. The standard InChI is InChI=1S/C22H36F2O/c1-2-3-4-6-17-9-11-18(12-10-17)19-13-15-20(16-14-19)21(25)7-5-8-22(23)24/h8,17-20H,2-7,9-16H2,1H3. The van der Waals surface area contributed by atoms with Crippen molar-refractivity contribution in [2.24, 2.45) is 23.7 Å². The average molecular weight is 355 g/mol. The van der Waals surface area contributed by atoms with Crippen LogP contribution in [0.1, 0.15) is 96.8 Å². The highest BCUT2D eigenvalue weighted by Crippen LogP contribution is 2.42. The predicted octanol–water partition coefficient (Wildman–Crippen LogP) is 7.31. The van der Waals surface area contributed by atoms with E-state index in [9.17, 15) is 13.6 Å². The monoisotopic (exact) mass is 354 g/mol. The third kappa shape index (κ3) is 7.19. The number of hydrogen-bond donors (Lipinski definition) is 0. The van der Waals surface area contributed by atoms with Crippen molar-refractivity contribution in [1.29, 1.82) is 0 Å². The Morgan fingerprint density at radius 3 is 2.08 bits per heavy atom. The molecule has 0 unspecified atom stereocenters. The fourth-order valence-corrected chi connectivity index (χ4v) is 5.07. The van der Waals surface area contributed by atoms with Gasteiger partial charge in [0.05, 0.1) is 0 Å². The van der Waals surface area contributed by atoms with Crippen molar-refractivity contribution in [1.82, 2.24) is 0 Å². The molecule has 2 aliphatic carbocycles. The zero-order valence-corrected chi connectivity index (χ0v) is 16.0. The lowest BCUT2D eigenvalue weighted by Gasteiger charge is -2.37. The van der Waals surface area contributed by atoms with Crippen molar-refractivity contribution < 1.29 is 13.6 Å². The first-order valence-electron chi connectivity index (χ1n) is 10.6. The number of hydrogen-bond acceptors (Lipinski definition) is 1. The third-order valence-electron chi connectivity index (χ3n) is 6.69. The van der Waals surface area contributed by atoms with Gasteiger partial charge < -0.3 is 0 Å². The van der Waals surface area contributed by atoms with E-state index < -0.39 is 6.08 Å². The van der Waals surface area contributed by atoms with Crippen LogP contribution in [0.3, 0.4) is 0 Å². The zero-order valence-electron chi connectivity index (χ0n) is 16.0. The summed E-state index contributed by atoms with van der Waals surface area (Å²) in [6.45, 7) is 2.27. The number of rotatable bonds is 9. The van der Waals surface area contributed by atoms with Crippen molar-refractivity contribution in [3.05, 3.63) is 12.2 Å². The topological polar surface area (TPSA) is 17.1 Å². The maximum absolute atomic E-state index is 12.2. The predicted molar refractivity (Wildman–Crippen MR) is 99.6 cm³/mol. The van der Waals surface area contributed by atoms with E-state index in [0.717, 1.165) is 36.7 Å². The van der Waals surface area contributed by atoms with Crippen LogP contribution in [-0.4, -0.2) is 5.78 Å². The van der Waals surface area contributed by atoms with Gasteiger partial charge >= 0.3 is 0 Å². The Morgan fingerprint density at radius 1 is 0.920 bits per heavy atom. The molecule has 2 rings (SSSR count). The molecule has 2 saturated carbocycles. The maximum atomic E-state index is 12.2. The fraction of sp³-hybridized carbons (Fsp3) is 0.864. The van der Waals surface area contributed by atoms with Crippen LogP contribution in [0.5, 0.6) is 0 Å². The van der Waals surface area contributed by atoms with Gasteiger partial charge in [0.2, 0.25) is 0 Å². The van der Waals surface area contributed by atoms with Gasteiger partial charge in [-0.05, 0) is 68.8 Å². The summed E-state index contributed by atoms with van der Waals surface area (Å²) < 4.78 is 24.1. The van der Waals surface area contributed by atoms with Crippen LogP contribution in [0.15, 0.2) is 12.2 Å². The molecule has 0 aromatic rings. The Morgan fingerprint density at radius 2 is 1.52 bits per heavy atom. The Balaban J connectivity index is 1.64. The van der Waals surface area contributed by atoms with Gasteiger partial charge in [0.1, 0.15) is 5.78 Å². The van der Waals surface area contributed by atoms with Crippen molar-refractivity contribution in [3.63, 3.8) is 0 Å². The highest BCUT2D eigenvalue weighted by molar-refractivity contribution is 5.81. The molecule has 0 N–H and O–H groups in total. The molecule has 2 aliphatic rings. The number of unbranched alkanes of at least 4 members (excludes halogenated alkanes) is 2. The fourth-order valence-electron chi connectivity index (χ4n) is 5.07. The van der Waals surface area contributed by atoms with E-state index in [1.165, 1.54) is 64.2 Å². The molecule has 0 bridgehead atoms. The first-order chi connectivity index (χ1) is 12.1. The van der Waals surface area contributed by atoms with E-state index in [0.29, 0.717) is 0 Å². The Hall–Kier alpha value is -0.730. The zero-order chi connectivity index (χ0) is 18.1. The molecule has 0 amide bonds. The Kier molecular flexibility index (Phi) is 9.12. The van der Waals surface area contributed by atoms with Gasteiger partial charge in [0, 0.05) is 12.3 Å². The molecule has 2 fully saturated rings. The molecule has 3 heteroatoms. The summed E-state index contributed by atoms with van der Waals surface area (Å²) in [6.07, 6.45) is 15.2. The van der Waals surface area contributed by atoms with Crippen LogP contribution >= 0.6 is 0 Å². The molecule has 0 saturated heterocycles. The minimum atomic E-state index is -1.66. The summed E-state index contributed by atoms with van der Waals surface area (Å²) in [6, 6.07) is 0. The number of allylic oxidation sites excluding steroid dienone is 1. The van der Waals surface area contributed by atoms with Gasteiger partial charge in [0.25, 0.3) is 6.08 Å². The van der Waals surface area contributed by atoms with E-state index in [-0.39, 0.29) is 24.5 Å². The van der Waals surface area contributed by atoms with E-state index >= 15 is 0 Å². The lowest BCUT2D eigenvalue weighted by molar-refractivity contribution is -0.124. The molecule has 0 radical (unpaired) electrons. The molecule has 0 aromatic carbocycles.